The Morgan fingerprint density at radius 1 is 1.45 bits per heavy atom. The number of ether oxygens (including phenoxy) is 1. The van der Waals surface area contributed by atoms with Crippen LogP contribution in [0.2, 0.25) is 0 Å². The number of hydrogen-bond acceptors (Lipinski definition) is 5. The number of nitrogens with one attached hydrogen (secondary N) is 1. The Morgan fingerprint density at radius 2 is 2.20 bits per heavy atom. The van der Waals surface area contributed by atoms with E-state index in [0.717, 1.165) is 31.6 Å². The van der Waals surface area contributed by atoms with Gasteiger partial charge in [-0.2, -0.15) is 5.10 Å². The third-order valence-corrected chi connectivity index (χ3v) is 3.73. The predicted molar refractivity (Wildman–Crippen MR) is 79.3 cm³/mol. The molecule has 6 nitrogen and oxygen atoms in total. The molecule has 0 amide bonds. The first-order valence-electron chi connectivity index (χ1n) is 7.28. The van der Waals surface area contributed by atoms with Gasteiger partial charge in [-0.1, -0.05) is 0 Å². The third kappa shape index (κ3) is 4.05. The van der Waals surface area contributed by atoms with E-state index < -0.39 is 0 Å². The van der Waals surface area contributed by atoms with Gasteiger partial charge in [0, 0.05) is 31.7 Å². The van der Waals surface area contributed by atoms with Crippen molar-refractivity contribution in [3.63, 3.8) is 0 Å². The number of morpholine rings is 1. The highest BCUT2D eigenvalue weighted by atomic mass is 16.5. The molecule has 1 aliphatic rings. The standard InChI is InChI=1S/C14H24N4O2/c1-12(15-2)4-3-5-18-14(19)10-13(11-16-18)17-6-8-20-9-7-17/h10-12,15H,3-9H2,1-2H3. The number of rotatable bonds is 6. The highest BCUT2D eigenvalue weighted by Gasteiger charge is 2.12. The van der Waals surface area contributed by atoms with Gasteiger partial charge in [-0.3, -0.25) is 4.79 Å². The first-order chi connectivity index (χ1) is 9.70. The Labute approximate surface area is 119 Å². The average molecular weight is 280 g/mol. The second-order valence-electron chi connectivity index (χ2n) is 5.21. The minimum absolute atomic E-state index is 0.0221. The Morgan fingerprint density at radius 3 is 2.85 bits per heavy atom. The quantitative estimate of drug-likeness (QED) is 0.821. The van der Waals surface area contributed by atoms with E-state index in [-0.39, 0.29) is 5.56 Å². The second-order valence-corrected chi connectivity index (χ2v) is 5.21. The molecule has 1 fully saturated rings. The molecule has 2 heterocycles. The van der Waals surface area contributed by atoms with Gasteiger partial charge in [0.1, 0.15) is 0 Å². The van der Waals surface area contributed by atoms with Gasteiger partial charge in [-0.05, 0) is 26.8 Å². The zero-order chi connectivity index (χ0) is 14.4. The number of anilines is 1. The van der Waals surface area contributed by atoms with E-state index in [0.29, 0.717) is 25.8 Å². The van der Waals surface area contributed by atoms with Gasteiger partial charge < -0.3 is 15.0 Å². The van der Waals surface area contributed by atoms with Gasteiger partial charge in [0.15, 0.2) is 0 Å². The Kier molecular flexibility index (Phi) is 5.55. The van der Waals surface area contributed by atoms with Gasteiger partial charge in [0.25, 0.3) is 5.56 Å². The molecule has 1 aromatic heterocycles. The average Bonchev–Trinajstić information content (AvgIpc) is 2.49. The molecule has 0 aromatic carbocycles. The molecule has 1 aliphatic heterocycles. The van der Waals surface area contributed by atoms with Crippen LogP contribution in [0.25, 0.3) is 0 Å². The molecule has 2 rings (SSSR count). The summed E-state index contributed by atoms with van der Waals surface area (Å²) in [4.78, 5) is 14.2. The Balaban J connectivity index is 1.93. The van der Waals surface area contributed by atoms with Crippen molar-refractivity contribution in [3.05, 3.63) is 22.6 Å². The van der Waals surface area contributed by atoms with E-state index in [1.165, 1.54) is 0 Å². The van der Waals surface area contributed by atoms with Crippen molar-refractivity contribution in [3.8, 4) is 0 Å². The van der Waals surface area contributed by atoms with Crippen molar-refractivity contribution in [2.45, 2.75) is 32.4 Å². The first-order valence-corrected chi connectivity index (χ1v) is 7.28. The van der Waals surface area contributed by atoms with E-state index in [1.807, 2.05) is 7.05 Å². The summed E-state index contributed by atoms with van der Waals surface area (Å²) in [5.41, 5.74) is 0.879. The number of aryl methyl sites for hydroxylation is 1. The van der Waals surface area contributed by atoms with Crippen LogP contribution in [0.15, 0.2) is 17.1 Å². The molecule has 1 aromatic rings. The van der Waals surface area contributed by atoms with Crippen LogP contribution in [-0.2, 0) is 11.3 Å². The molecule has 0 radical (unpaired) electrons. The lowest BCUT2D eigenvalue weighted by Crippen LogP contribution is -2.37. The first kappa shape index (κ1) is 15.0. The van der Waals surface area contributed by atoms with Gasteiger partial charge in [-0.15, -0.1) is 0 Å². The van der Waals surface area contributed by atoms with Gasteiger partial charge in [-0.25, -0.2) is 4.68 Å². The highest BCUT2D eigenvalue weighted by molar-refractivity contribution is 5.43. The molecule has 0 bridgehead atoms. The fourth-order valence-electron chi connectivity index (χ4n) is 2.28. The predicted octanol–water partition coefficient (Wildman–Crippen LogP) is 0.468. The van der Waals surface area contributed by atoms with Crippen molar-refractivity contribution in [2.24, 2.45) is 0 Å². The SMILES string of the molecule is CNC(C)CCCn1ncc(N2CCOCC2)cc1=O. The van der Waals surface area contributed by atoms with Crippen molar-refractivity contribution in [1.82, 2.24) is 15.1 Å². The summed E-state index contributed by atoms with van der Waals surface area (Å²) < 4.78 is 6.86. The van der Waals surface area contributed by atoms with E-state index in [9.17, 15) is 4.79 Å². The maximum absolute atomic E-state index is 12.1. The van der Waals surface area contributed by atoms with Crippen molar-refractivity contribution in [1.29, 1.82) is 0 Å². The Hall–Kier alpha value is -1.40. The maximum Gasteiger partial charge on any atom is 0.268 e. The number of nitrogens with zero attached hydrogens (tertiary/aromatic N) is 3. The van der Waals surface area contributed by atoms with Crippen LogP contribution >= 0.6 is 0 Å². The number of aromatic nitrogens is 2. The Bertz CT molecular complexity index is 468. The minimum Gasteiger partial charge on any atom is -0.378 e. The molecular formula is C14H24N4O2. The zero-order valence-corrected chi connectivity index (χ0v) is 12.3. The van der Waals surface area contributed by atoms with E-state index in [4.69, 9.17) is 4.74 Å². The molecule has 1 unspecified atom stereocenters. The van der Waals surface area contributed by atoms with E-state index in [1.54, 1.807) is 16.9 Å². The molecule has 6 heteroatoms. The zero-order valence-electron chi connectivity index (χ0n) is 12.3. The molecule has 1 atom stereocenters. The largest absolute Gasteiger partial charge is 0.378 e. The van der Waals surface area contributed by atoms with Gasteiger partial charge in [0.2, 0.25) is 0 Å². The van der Waals surface area contributed by atoms with Crippen LogP contribution in [0.3, 0.4) is 0 Å². The highest BCUT2D eigenvalue weighted by Crippen LogP contribution is 2.11. The summed E-state index contributed by atoms with van der Waals surface area (Å²) in [6.45, 7) is 5.89. The van der Waals surface area contributed by atoms with Crippen molar-refractivity contribution in [2.75, 3.05) is 38.3 Å². The molecular weight excluding hydrogens is 256 g/mol. The van der Waals surface area contributed by atoms with Crippen LogP contribution in [0.1, 0.15) is 19.8 Å². The van der Waals surface area contributed by atoms with Crippen LogP contribution in [0.5, 0.6) is 0 Å². The lowest BCUT2D eigenvalue weighted by atomic mass is 10.2. The van der Waals surface area contributed by atoms with Crippen molar-refractivity contribution < 1.29 is 4.74 Å². The summed E-state index contributed by atoms with van der Waals surface area (Å²) in [6.07, 6.45) is 3.77. The maximum atomic E-state index is 12.1. The van der Waals surface area contributed by atoms with E-state index >= 15 is 0 Å². The summed E-state index contributed by atoms with van der Waals surface area (Å²) >= 11 is 0. The topological polar surface area (TPSA) is 59.4 Å². The van der Waals surface area contributed by atoms with Crippen LogP contribution in [-0.4, -0.2) is 49.2 Å². The van der Waals surface area contributed by atoms with Crippen LogP contribution < -0.4 is 15.8 Å². The van der Waals surface area contributed by atoms with E-state index in [2.05, 4.69) is 22.2 Å². The summed E-state index contributed by atoms with van der Waals surface area (Å²) in [5, 5.41) is 7.47. The van der Waals surface area contributed by atoms with Crippen LogP contribution in [0.4, 0.5) is 5.69 Å². The second kappa shape index (κ2) is 7.40. The molecule has 0 saturated carbocycles. The monoisotopic (exact) mass is 280 g/mol. The summed E-state index contributed by atoms with van der Waals surface area (Å²) in [7, 11) is 1.95. The number of hydrogen-bond donors (Lipinski definition) is 1. The minimum atomic E-state index is -0.0221. The fraction of sp³-hybridized carbons (Fsp3) is 0.714. The molecule has 112 valence electrons. The molecule has 0 aliphatic carbocycles. The summed E-state index contributed by atoms with van der Waals surface area (Å²) in [6, 6.07) is 2.15. The molecule has 0 spiro atoms. The smallest absolute Gasteiger partial charge is 0.268 e. The van der Waals surface area contributed by atoms with Crippen molar-refractivity contribution >= 4 is 5.69 Å². The molecule has 1 N–H and O–H groups in total. The normalized spacial score (nSPS) is 17.2. The lowest BCUT2D eigenvalue weighted by Gasteiger charge is -2.28. The fourth-order valence-corrected chi connectivity index (χ4v) is 2.28. The lowest BCUT2D eigenvalue weighted by molar-refractivity contribution is 0.122. The third-order valence-electron chi connectivity index (χ3n) is 3.73. The van der Waals surface area contributed by atoms with Crippen LogP contribution in [0, 0.1) is 0 Å². The molecule has 1 saturated heterocycles. The van der Waals surface area contributed by atoms with Gasteiger partial charge in [0.05, 0.1) is 25.1 Å². The van der Waals surface area contributed by atoms with Gasteiger partial charge >= 0.3 is 0 Å². The summed E-state index contributed by atoms with van der Waals surface area (Å²) in [5.74, 6) is 0. The molecule has 20 heavy (non-hydrogen) atoms.